The summed E-state index contributed by atoms with van der Waals surface area (Å²) >= 11 is 0. The fraction of sp³-hybridized carbons (Fsp3) is 0.846. The van der Waals surface area contributed by atoms with E-state index in [1.165, 1.54) is 0 Å². The zero-order chi connectivity index (χ0) is 14.1. The molecule has 6 nitrogen and oxygen atoms in total. The summed E-state index contributed by atoms with van der Waals surface area (Å²) in [6.45, 7) is 1.93. The van der Waals surface area contributed by atoms with Gasteiger partial charge in [-0.1, -0.05) is 0 Å². The number of hydrogen-bond acceptors (Lipinski definition) is 4. The van der Waals surface area contributed by atoms with Crippen LogP contribution in [-0.2, 0) is 9.53 Å². The number of rotatable bonds is 7. The summed E-state index contributed by atoms with van der Waals surface area (Å²) in [7, 11) is 3.55. The van der Waals surface area contributed by atoms with Crippen molar-refractivity contribution in [3.8, 4) is 0 Å². The van der Waals surface area contributed by atoms with Gasteiger partial charge in [0.1, 0.15) is 0 Å². The number of hydrogen-bond donors (Lipinski definition) is 2. The number of amides is 2. The number of nitrogens with zero attached hydrogens (tertiary/aromatic N) is 1. The molecule has 0 aliphatic carbocycles. The van der Waals surface area contributed by atoms with E-state index in [0.29, 0.717) is 19.1 Å². The largest absolute Gasteiger partial charge is 0.449 e. The van der Waals surface area contributed by atoms with Crippen LogP contribution >= 0.6 is 0 Å². The summed E-state index contributed by atoms with van der Waals surface area (Å²) in [5.74, 6) is 0.0622. The van der Waals surface area contributed by atoms with Crippen LogP contribution in [0.1, 0.15) is 32.1 Å². The summed E-state index contributed by atoms with van der Waals surface area (Å²) in [6.07, 6.45) is 3.86. The van der Waals surface area contributed by atoms with Crippen LogP contribution in [0.3, 0.4) is 0 Å². The fourth-order valence-corrected chi connectivity index (χ4v) is 2.10. The van der Waals surface area contributed by atoms with E-state index in [-0.39, 0.29) is 12.0 Å². The predicted molar refractivity (Wildman–Crippen MR) is 72.9 cm³/mol. The maximum absolute atomic E-state index is 11.7. The highest BCUT2D eigenvalue weighted by molar-refractivity contribution is 5.75. The van der Waals surface area contributed by atoms with Gasteiger partial charge in [-0.25, -0.2) is 4.79 Å². The molecule has 1 aliphatic heterocycles. The third-order valence-corrected chi connectivity index (χ3v) is 3.41. The lowest BCUT2D eigenvalue weighted by atomic mass is 10.2. The molecule has 1 heterocycles. The Morgan fingerprint density at radius 3 is 2.68 bits per heavy atom. The molecule has 1 fully saturated rings. The highest BCUT2D eigenvalue weighted by Crippen LogP contribution is 2.10. The van der Waals surface area contributed by atoms with Crippen LogP contribution in [0.25, 0.3) is 0 Å². The van der Waals surface area contributed by atoms with Gasteiger partial charge in [0.2, 0.25) is 5.91 Å². The van der Waals surface area contributed by atoms with Gasteiger partial charge in [0.05, 0.1) is 6.61 Å². The van der Waals surface area contributed by atoms with Crippen molar-refractivity contribution in [3.63, 3.8) is 0 Å². The Bertz CT molecular complexity index is 297. The smallest absolute Gasteiger partial charge is 0.409 e. The number of carbonyl (C=O) groups is 2. The second kappa shape index (κ2) is 8.74. The maximum atomic E-state index is 11.7. The van der Waals surface area contributed by atoms with E-state index < -0.39 is 0 Å². The zero-order valence-corrected chi connectivity index (χ0v) is 11.9. The number of ether oxygens (including phenoxy) is 1. The van der Waals surface area contributed by atoms with Crippen LogP contribution in [0.15, 0.2) is 0 Å². The van der Waals surface area contributed by atoms with E-state index in [2.05, 4.69) is 10.6 Å². The SMILES string of the molecule is CNC(=O)CCCCCOC(=O)N1CCC(NC)C1. The maximum Gasteiger partial charge on any atom is 0.409 e. The molecule has 19 heavy (non-hydrogen) atoms. The van der Waals surface area contributed by atoms with Crippen LogP contribution < -0.4 is 10.6 Å². The van der Waals surface area contributed by atoms with Crippen molar-refractivity contribution in [1.82, 2.24) is 15.5 Å². The minimum absolute atomic E-state index is 0.0622. The first-order valence-corrected chi connectivity index (χ1v) is 6.97. The monoisotopic (exact) mass is 271 g/mol. The number of likely N-dealkylation sites (tertiary alicyclic amines) is 1. The fourth-order valence-electron chi connectivity index (χ4n) is 2.10. The van der Waals surface area contributed by atoms with E-state index in [1.54, 1.807) is 11.9 Å². The quantitative estimate of drug-likeness (QED) is 0.670. The van der Waals surface area contributed by atoms with Gasteiger partial charge in [-0.05, 0) is 32.7 Å². The molecular formula is C13H25N3O3. The lowest BCUT2D eigenvalue weighted by Gasteiger charge is -2.16. The molecule has 1 unspecified atom stereocenters. The van der Waals surface area contributed by atoms with Crippen molar-refractivity contribution in [2.45, 2.75) is 38.1 Å². The van der Waals surface area contributed by atoms with Gasteiger partial charge in [-0.3, -0.25) is 4.79 Å². The number of unbranched alkanes of at least 4 members (excludes halogenated alkanes) is 2. The van der Waals surface area contributed by atoms with Gasteiger partial charge in [0.15, 0.2) is 0 Å². The molecule has 1 saturated heterocycles. The van der Waals surface area contributed by atoms with Crippen molar-refractivity contribution in [1.29, 1.82) is 0 Å². The van der Waals surface area contributed by atoms with E-state index in [4.69, 9.17) is 4.74 Å². The van der Waals surface area contributed by atoms with E-state index >= 15 is 0 Å². The molecule has 0 bridgehead atoms. The van der Waals surface area contributed by atoms with Gasteiger partial charge in [0.25, 0.3) is 0 Å². The van der Waals surface area contributed by atoms with Crippen molar-refractivity contribution >= 4 is 12.0 Å². The normalized spacial score (nSPS) is 18.4. The van der Waals surface area contributed by atoms with Crippen molar-refractivity contribution in [3.05, 3.63) is 0 Å². The number of likely N-dealkylation sites (N-methyl/N-ethyl adjacent to an activating group) is 1. The first-order chi connectivity index (χ1) is 9.17. The highest BCUT2D eigenvalue weighted by Gasteiger charge is 2.25. The molecule has 2 N–H and O–H groups in total. The van der Waals surface area contributed by atoms with Crippen LogP contribution in [-0.4, -0.2) is 56.7 Å². The van der Waals surface area contributed by atoms with Crippen LogP contribution in [0.5, 0.6) is 0 Å². The van der Waals surface area contributed by atoms with Crippen LogP contribution in [0.2, 0.25) is 0 Å². The predicted octanol–water partition coefficient (Wildman–Crippen LogP) is 0.723. The molecule has 0 aromatic rings. The third kappa shape index (κ3) is 5.92. The van der Waals surface area contributed by atoms with Gasteiger partial charge < -0.3 is 20.3 Å². The second-order valence-electron chi connectivity index (χ2n) is 4.82. The van der Waals surface area contributed by atoms with Crippen molar-refractivity contribution < 1.29 is 14.3 Å². The Balaban J connectivity index is 2.00. The minimum Gasteiger partial charge on any atom is -0.449 e. The third-order valence-electron chi connectivity index (χ3n) is 3.41. The second-order valence-corrected chi connectivity index (χ2v) is 4.82. The van der Waals surface area contributed by atoms with Crippen LogP contribution in [0.4, 0.5) is 4.79 Å². The lowest BCUT2D eigenvalue weighted by molar-refractivity contribution is -0.120. The average Bonchev–Trinajstić information content (AvgIpc) is 2.91. The summed E-state index contributed by atoms with van der Waals surface area (Å²) in [5, 5.41) is 5.75. The summed E-state index contributed by atoms with van der Waals surface area (Å²) in [6, 6.07) is 0.389. The van der Waals surface area contributed by atoms with E-state index in [0.717, 1.165) is 38.8 Å². The van der Waals surface area contributed by atoms with E-state index in [1.807, 2.05) is 7.05 Å². The molecule has 0 aromatic heterocycles. The Morgan fingerprint density at radius 2 is 2.05 bits per heavy atom. The molecule has 0 saturated carbocycles. The van der Waals surface area contributed by atoms with Gasteiger partial charge in [-0.2, -0.15) is 0 Å². The highest BCUT2D eigenvalue weighted by atomic mass is 16.6. The molecule has 0 radical (unpaired) electrons. The molecule has 6 heteroatoms. The van der Waals surface area contributed by atoms with Crippen molar-refractivity contribution in [2.24, 2.45) is 0 Å². The molecule has 1 aliphatic rings. The molecule has 110 valence electrons. The van der Waals surface area contributed by atoms with Crippen molar-refractivity contribution in [2.75, 3.05) is 33.8 Å². The van der Waals surface area contributed by atoms with Gasteiger partial charge >= 0.3 is 6.09 Å². The standard InChI is InChI=1S/C13H25N3O3/c1-14-11-7-8-16(10-11)13(18)19-9-5-3-4-6-12(17)15-2/h11,14H,3-10H2,1-2H3,(H,15,17). The molecule has 2 amide bonds. The Hall–Kier alpha value is -1.30. The Morgan fingerprint density at radius 1 is 1.26 bits per heavy atom. The molecule has 0 aromatic carbocycles. The lowest BCUT2D eigenvalue weighted by Crippen LogP contribution is -2.33. The first kappa shape index (κ1) is 15.8. The van der Waals surface area contributed by atoms with Gasteiger partial charge in [0, 0.05) is 32.6 Å². The number of carbonyl (C=O) groups excluding carboxylic acids is 2. The Kier molecular flexibility index (Phi) is 7.25. The van der Waals surface area contributed by atoms with E-state index in [9.17, 15) is 9.59 Å². The molecule has 1 rings (SSSR count). The Labute approximate surface area is 114 Å². The summed E-state index contributed by atoms with van der Waals surface area (Å²) in [5.41, 5.74) is 0. The molecular weight excluding hydrogens is 246 g/mol. The molecule has 0 spiro atoms. The zero-order valence-electron chi connectivity index (χ0n) is 11.9. The van der Waals surface area contributed by atoms with Crippen LogP contribution in [0, 0.1) is 0 Å². The average molecular weight is 271 g/mol. The topological polar surface area (TPSA) is 70.7 Å². The number of nitrogens with one attached hydrogen (secondary N) is 2. The molecule has 1 atom stereocenters. The summed E-state index contributed by atoms with van der Waals surface area (Å²) in [4.78, 5) is 24.4. The first-order valence-electron chi connectivity index (χ1n) is 6.97. The van der Waals surface area contributed by atoms with Gasteiger partial charge in [-0.15, -0.1) is 0 Å². The summed E-state index contributed by atoms with van der Waals surface area (Å²) < 4.78 is 5.21. The minimum atomic E-state index is -0.218.